The fourth-order valence-electron chi connectivity index (χ4n) is 9.57. The standard InChI is InChI=1S/C51H29N4S2/c1-53-32-13-11-12-30(26-32)41-28-45(55(2)44-19-8-4-15-34(44)38-23-25-40-36-17-6-10-21-47(36)57-51(40)49(38)55)43(27-31(41)29-52)54-42-18-7-3-14-33(42)37-22-24-39-35-16-5-9-20-46(35)56-50(39)48(37)54/h3-28H,2H3/q+1. The van der Waals surface area contributed by atoms with Gasteiger partial charge in [-0.05, 0) is 48.0 Å². The first-order valence-electron chi connectivity index (χ1n) is 18.9. The molecule has 4 heterocycles. The lowest BCUT2D eigenvalue weighted by molar-refractivity contribution is 0.645. The van der Waals surface area contributed by atoms with Crippen LogP contribution in [0.5, 0.6) is 0 Å². The molecule has 1 atom stereocenters. The van der Waals surface area contributed by atoms with Crippen LogP contribution in [0.15, 0.2) is 158 Å². The monoisotopic (exact) mass is 761 g/mol. The number of nitrogens with zero attached hydrogens (tertiary/aromatic N) is 4. The molecule has 11 aromatic rings. The molecule has 0 saturated carbocycles. The van der Waals surface area contributed by atoms with Crippen molar-refractivity contribution in [1.29, 1.82) is 5.26 Å². The second-order valence-corrected chi connectivity index (χ2v) is 17.0. The fraction of sp³-hybridized carbons (Fsp3) is 0.0196. The zero-order valence-corrected chi connectivity index (χ0v) is 32.2. The van der Waals surface area contributed by atoms with Crippen molar-refractivity contribution in [3.63, 3.8) is 0 Å². The van der Waals surface area contributed by atoms with Crippen LogP contribution < -0.4 is 4.48 Å². The zero-order chi connectivity index (χ0) is 38.0. The van der Waals surface area contributed by atoms with Gasteiger partial charge in [-0.1, -0.05) is 103 Å². The third-order valence-electron chi connectivity index (χ3n) is 12.1. The molecule has 6 heteroatoms. The summed E-state index contributed by atoms with van der Waals surface area (Å²) in [5.41, 5.74) is 11.8. The quantitative estimate of drug-likeness (QED) is 0.130. The Morgan fingerprint density at radius 2 is 1.25 bits per heavy atom. The third-order valence-corrected chi connectivity index (χ3v) is 14.5. The molecule has 57 heavy (non-hydrogen) atoms. The van der Waals surface area contributed by atoms with Gasteiger partial charge in [-0.25, -0.2) is 9.33 Å². The van der Waals surface area contributed by atoms with E-state index in [4.69, 9.17) is 6.57 Å². The van der Waals surface area contributed by atoms with Crippen LogP contribution in [-0.2, 0) is 0 Å². The summed E-state index contributed by atoms with van der Waals surface area (Å²) in [4.78, 5) is 3.78. The minimum atomic E-state index is 0.391. The number of hydrogen-bond donors (Lipinski definition) is 0. The molecule has 0 fully saturated rings. The Hall–Kier alpha value is -7.06. The molecule has 12 rings (SSSR count). The van der Waals surface area contributed by atoms with Gasteiger partial charge in [0.15, 0.2) is 22.7 Å². The van der Waals surface area contributed by atoms with Crippen LogP contribution in [0.25, 0.3) is 94.9 Å². The molecular weight excluding hydrogens is 733 g/mol. The second kappa shape index (κ2) is 11.7. The highest BCUT2D eigenvalue weighted by Gasteiger charge is 2.46. The number of rotatable bonds is 3. The van der Waals surface area contributed by atoms with Gasteiger partial charge in [0.05, 0.1) is 51.2 Å². The normalized spacial score (nSPS) is 14.8. The van der Waals surface area contributed by atoms with Crippen LogP contribution in [0.2, 0.25) is 0 Å². The average molecular weight is 762 g/mol. The highest BCUT2D eigenvalue weighted by Crippen LogP contribution is 2.62. The van der Waals surface area contributed by atoms with Crippen molar-refractivity contribution in [2.45, 2.75) is 0 Å². The molecule has 1 aliphatic rings. The van der Waals surface area contributed by atoms with Crippen molar-refractivity contribution in [3.8, 4) is 34.0 Å². The first kappa shape index (κ1) is 32.2. The number of thiophene rings is 2. The lowest BCUT2D eigenvalue weighted by atomic mass is 9.96. The molecule has 0 bridgehead atoms. The van der Waals surface area contributed by atoms with E-state index < -0.39 is 0 Å². The van der Waals surface area contributed by atoms with E-state index in [-0.39, 0.29) is 0 Å². The number of nitriles is 1. The summed E-state index contributed by atoms with van der Waals surface area (Å²) in [5, 5.41) is 18.4. The van der Waals surface area contributed by atoms with E-state index in [2.05, 4.69) is 156 Å². The SMILES string of the molecule is [C-]#[N+]c1cccc(-c2cc([N+]3(C)c4ccccc4-c4ccc5c(sc6ccccc65)c43)c(-n3c4ccccc4c4ccc5c6ccccc6sc5c43)cc2C#N)c1. The van der Waals surface area contributed by atoms with Crippen molar-refractivity contribution < 1.29 is 0 Å². The van der Waals surface area contributed by atoms with Crippen molar-refractivity contribution in [2.75, 3.05) is 7.05 Å². The van der Waals surface area contributed by atoms with Gasteiger partial charge in [0.2, 0.25) is 0 Å². The van der Waals surface area contributed by atoms with Gasteiger partial charge in [0.1, 0.15) is 5.69 Å². The number of hydrogen-bond acceptors (Lipinski definition) is 3. The minimum Gasteiger partial charge on any atom is -0.302 e. The lowest BCUT2D eigenvalue weighted by Gasteiger charge is -2.33. The summed E-state index contributed by atoms with van der Waals surface area (Å²) in [5.74, 6) is 0. The molecular formula is C51H29N4S2+. The van der Waals surface area contributed by atoms with Gasteiger partial charge in [-0.3, -0.25) is 0 Å². The summed E-state index contributed by atoms with van der Waals surface area (Å²) in [6.07, 6.45) is 0. The average Bonchev–Trinajstić information content (AvgIpc) is 4.00. The second-order valence-electron chi connectivity index (χ2n) is 14.9. The molecule has 0 aliphatic carbocycles. The van der Waals surface area contributed by atoms with Crippen molar-refractivity contribution in [2.24, 2.45) is 0 Å². The Labute approximate surface area is 336 Å². The molecule has 0 saturated heterocycles. The van der Waals surface area contributed by atoms with Crippen molar-refractivity contribution >= 4 is 108 Å². The van der Waals surface area contributed by atoms with Crippen LogP contribution in [0.3, 0.4) is 0 Å². The molecule has 264 valence electrons. The Kier molecular flexibility index (Phi) is 6.63. The first-order chi connectivity index (χ1) is 28.1. The lowest BCUT2D eigenvalue weighted by Crippen LogP contribution is -2.33. The van der Waals surface area contributed by atoms with E-state index in [1.807, 2.05) is 46.9 Å². The van der Waals surface area contributed by atoms with Crippen LogP contribution in [0.4, 0.5) is 22.7 Å². The summed E-state index contributed by atoms with van der Waals surface area (Å²) in [7, 11) is 2.33. The number of aromatic nitrogens is 1. The molecule has 0 amide bonds. The van der Waals surface area contributed by atoms with E-state index in [0.29, 0.717) is 15.7 Å². The molecule has 1 aliphatic heterocycles. The van der Waals surface area contributed by atoms with Crippen molar-refractivity contribution in [1.82, 2.24) is 9.05 Å². The van der Waals surface area contributed by atoms with Gasteiger partial charge in [-0.15, -0.1) is 22.7 Å². The van der Waals surface area contributed by atoms with Gasteiger partial charge < -0.3 is 4.57 Å². The molecule has 0 radical (unpaired) electrons. The number of para-hydroxylation sites is 2. The molecule has 1 unspecified atom stereocenters. The maximum Gasteiger partial charge on any atom is 0.187 e. The minimum absolute atomic E-state index is 0.391. The topological polar surface area (TPSA) is 33.1 Å². The van der Waals surface area contributed by atoms with Crippen LogP contribution in [0.1, 0.15) is 5.56 Å². The Morgan fingerprint density at radius 3 is 2.04 bits per heavy atom. The van der Waals surface area contributed by atoms with Crippen molar-refractivity contribution in [3.05, 3.63) is 175 Å². The summed E-state index contributed by atoms with van der Waals surface area (Å²) >= 11 is 3.68. The van der Waals surface area contributed by atoms with E-state index in [1.54, 1.807) is 0 Å². The number of benzene rings is 8. The number of quaternary nitrogens is 1. The molecule has 3 aromatic heterocycles. The van der Waals surface area contributed by atoms with Crippen LogP contribution in [-0.4, -0.2) is 11.6 Å². The van der Waals surface area contributed by atoms with Gasteiger partial charge in [-0.2, -0.15) is 5.26 Å². The smallest absolute Gasteiger partial charge is 0.187 e. The predicted octanol–water partition coefficient (Wildman–Crippen LogP) is 15.2. The molecule has 0 N–H and O–H groups in total. The largest absolute Gasteiger partial charge is 0.302 e. The van der Waals surface area contributed by atoms with E-state index in [1.165, 1.54) is 73.6 Å². The fourth-order valence-corrected chi connectivity index (χ4v) is 12.1. The summed E-state index contributed by atoms with van der Waals surface area (Å²) in [6, 6.07) is 58.7. The summed E-state index contributed by atoms with van der Waals surface area (Å²) < 4.78 is 7.82. The van der Waals surface area contributed by atoms with Crippen LogP contribution in [0, 0.1) is 17.9 Å². The Morgan fingerprint density at radius 1 is 0.579 bits per heavy atom. The van der Waals surface area contributed by atoms with E-state index in [0.717, 1.165) is 33.5 Å². The maximum absolute atomic E-state index is 11.1. The Balaban J connectivity index is 1.30. The molecule has 8 aromatic carbocycles. The predicted molar refractivity (Wildman–Crippen MR) is 242 cm³/mol. The van der Waals surface area contributed by atoms with E-state index in [9.17, 15) is 5.26 Å². The Bertz CT molecular complexity index is 3640. The summed E-state index contributed by atoms with van der Waals surface area (Å²) in [6.45, 7) is 7.84. The van der Waals surface area contributed by atoms with E-state index >= 15 is 0 Å². The molecule has 0 spiro atoms. The van der Waals surface area contributed by atoms with Gasteiger partial charge in [0, 0.05) is 65.0 Å². The van der Waals surface area contributed by atoms with Crippen LogP contribution >= 0.6 is 22.7 Å². The number of fused-ring (bicyclic) bond motifs is 14. The highest BCUT2D eigenvalue weighted by molar-refractivity contribution is 7.27. The maximum atomic E-state index is 11.1. The van der Waals surface area contributed by atoms with Gasteiger partial charge >= 0.3 is 0 Å². The first-order valence-corrected chi connectivity index (χ1v) is 20.5. The molecule has 4 nitrogen and oxygen atoms in total. The third kappa shape index (κ3) is 4.27. The zero-order valence-electron chi connectivity index (χ0n) is 30.6. The van der Waals surface area contributed by atoms with Gasteiger partial charge in [0.25, 0.3) is 0 Å². The highest BCUT2D eigenvalue weighted by atomic mass is 32.1.